The Kier molecular flexibility index (Phi) is 2.77. The van der Waals surface area contributed by atoms with Crippen molar-refractivity contribution < 1.29 is 0 Å². The summed E-state index contributed by atoms with van der Waals surface area (Å²) in [6.07, 6.45) is 6.09. The van der Waals surface area contributed by atoms with Gasteiger partial charge < -0.3 is 9.88 Å². The van der Waals surface area contributed by atoms with Gasteiger partial charge in [0, 0.05) is 11.3 Å². The van der Waals surface area contributed by atoms with Crippen molar-refractivity contribution in [2.45, 2.75) is 45.7 Å². The third kappa shape index (κ3) is 2.02. The van der Waals surface area contributed by atoms with E-state index in [1.54, 1.807) is 6.33 Å². The van der Waals surface area contributed by atoms with Crippen LogP contribution in [0.25, 0.3) is 0 Å². The molecule has 1 aliphatic carbocycles. The summed E-state index contributed by atoms with van der Waals surface area (Å²) in [5.41, 5.74) is 4.04. The number of aryl methyl sites for hydroxylation is 2. The van der Waals surface area contributed by atoms with Gasteiger partial charge in [0.2, 0.25) is 0 Å². The lowest BCUT2D eigenvalue weighted by Gasteiger charge is -2.23. The molecule has 0 aromatic carbocycles. The second-order valence-corrected chi connectivity index (χ2v) is 5.76. The summed E-state index contributed by atoms with van der Waals surface area (Å²) in [4.78, 5) is 30.3. The van der Waals surface area contributed by atoms with Crippen LogP contribution in [0.4, 0.5) is 5.82 Å². The molecule has 0 saturated carbocycles. The van der Waals surface area contributed by atoms with Gasteiger partial charge >= 0.3 is 0 Å². The predicted molar refractivity (Wildman–Crippen MR) is 78.2 cm³/mol. The lowest BCUT2D eigenvalue weighted by atomic mass is 9.96. The van der Waals surface area contributed by atoms with Gasteiger partial charge in [-0.05, 0) is 32.6 Å². The predicted octanol–water partition coefficient (Wildman–Crippen LogP) is 1.27. The molecular weight excluding hydrogens is 266 g/mol. The molecule has 4 rings (SSSR count). The third-order valence-corrected chi connectivity index (χ3v) is 4.31. The van der Waals surface area contributed by atoms with Gasteiger partial charge in [0.1, 0.15) is 18.0 Å². The van der Waals surface area contributed by atoms with Gasteiger partial charge in [0.15, 0.2) is 0 Å². The van der Waals surface area contributed by atoms with Crippen LogP contribution in [-0.4, -0.2) is 19.9 Å². The van der Waals surface area contributed by atoms with E-state index in [1.165, 1.54) is 24.1 Å². The highest BCUT2D eigenvalue weighted by Gasteiger charge is 2.27. The van der Waals surface area contributed by atoms with Crippen molar-refractivity contribution in [2.75, 3.05) is 4.90 Å². The number of rotatable bonds is 1. The summed E-state index contributed by atoms with van der Waals surface area (Å²) in [7, 11) is 0. The molecule has 0 amide bonds. The first-order valence-corrected chi connectivity index (χ1v) is 7.39. The molecule has 0 unspecified atom stereocenters. The molecule has 1 aliphatic heterocycles. The standard InChI is InChI=1S/C15H17N5O/c1-9-18-13-7-20(6-11(13)15(21)19-9)14-10-4-2-3-5-12(10)16-8-17-14/h8H,2-7H2,1H3,(H,18,19,21). The van der Waals surface area contributed by atoms with Crippen molar-refractivity contribution in [2.24, 2.45) is 0 Å². The average molecular weight is 283 g/mol. The molecule has 1 N–H and O–H groups in total. The maximum atomic E-state index is 12.0. The second kappa shape index (κ2) is 4.65. The summed E-state index contributed by atoms with van der Waals surface area (Å²) in [5, 5.41) is 0. The first-order valence-electron chi connectivity index (χ1n) is 7.39. The molecule has 6 nitrogen and oxygen atoms in total. The van der Waals surface area contributed by atoms with Crippen LogP contribution in [0.1, 0.15) is 41.2 Å². The van der Waals surface area contributed by atoms with Crippen molar-refractivity contribution in [1.82, 2.24) is 19.9 Å². The topological polar surface area (TPSA) is 74.8 Å². The molecule has 0 radical (unpaired) electrons. The minimum Gasteiger partial charge on any atom is -0.346 e. The molecule has 0 bridgehead atoms. The number of anilines is 1. The smallest absolute Gasteiger partial charge is 0.256 e. The Morgan fingerprint density at radius 1 is 1.10 bits per heavy atom. The molecule has 0 atom stereocenters. The van der Waals surface area contributed by atoms with Crippen LogP contribution in [0.2, 0.25) is 0 Å². The fourth-order valence-corrected chi connectivity index (χ4v) is 3.32. The first-order chi connectivity index (χ1) is 10.2. The van der Waals surface area contributed by atoms with Gasteiger partial charge in [-0.3, -0.25) is 4.79 Å². The molecule has 6 heteroatoms. The molecule has 108 valence electrons. The Labute approximate surface area is 122 Å². The number of aromatic nitrogens is 4. The van der Waals surface area contributed by atoms with Crippen LogP contribution >= 0.6 is 0 Å². The van der Waals surface area contributed by atoms with Gasteiger partial charge in [0.25, 0.3) is 5.56 Å². The van der Waals surface area contributed by atoms with Crippen molar-refractivity contribution in [3.05, 3.63) is 45.0 Å². The Morgan fingerprint density at radius 2 is 1.95 bits per heavy atom. The van der Waals surface area contributed by atoms with E-state index in [9.17, 15) is 4.79 Å². The van der Waals surface area contributed by atoms with E-state index in [4.69, 9.17) is 0 Å². The highest BCUT2D eigenvalue weighted by Crippen LogP contribution is 2.31. The number of aromatic amines is 1. The van der Waals surface area contributed by atoms with E-state index < -0.39 is 0 Å². The van der Waals surface area contributed by atoms with Crippen LogP contribution in [0.15, 0.2) is 11.1 Å². The Hall–Kier alpha value is -2.24. The van der Waals surface area contributed by atoms with Crippen molar-refractivity contribution >= 4 is 5.82 Å². The van der Waals surface area contributed by atoms with Gasteiger partial charge in [-0.2, -0.15) is 0 Å². The average Bonchev–Trinajstić information content (AvgIpc) is 2.90. The zero-order chi connectivity index (χ0) is 14.4. The molecule has 0 fully saturated rings. The summed E-state index contributed by atoms with van der Waals surface area (Å²) >= 11 is 0. The van der Waals surface area contributed by atoms with Gasteiger partial charge in [-0.1, -0.05) is 0 Å². The number of H-pyrrole nitrogens is 1. The maximum Gasteiger partial charge on any atom is 0.256 e. The van der Waals surface area contributed by atoms with Crippen LogP contribution < -0.4 is 10.5 Å². The van der Waals surface area contributed by atoms with Crippen LogP contribution in [-0.2, 0) is 25.9 Å². The monoisotopic (exact) mass is 283 g/mol. The number of fused-ring (bicyclic) bond motifs is 2. The largest absolute Gasteiger partial charge is 0.346 e. The van der Waals surface area contributed by atoms with Crippen molar-refractivity contribution in [1.29, 1.82) is 0 Å². The van der Waals surface area contributed by atoms with Crippen molar-refractivity contribution in [3.8, 4) is 0 Å². The Morgan fingerprint density at radius 3 is 2.86 bits per heavy atom. The molecule has 0 spiro atoms. The molecule has 2 aromatic heterocycles. The van der Waals surface area contributed by atoms with Gasteiger partial charge in [-0.15, -0.1) is 0 Å². The molecule has 21 heavy (non-hydrogen) atoms. The molecule has 0 saturated heterocycles. The zero-order valence-corrected chi connectivity index (χ0v) is 12.0. The maximum absolute atomic E-state index is 12.0. The van der Waals surface area contributed by atoms with Crippen LogP contribution in [0, 0.1) is 6.92 Å². The van der Waals surface area contributed by atoms with Crippen LogP contribution in [0.3, 0.4) is 0 Å². The Bertz CT molecular complexity index is 767. The second-order valence-electron chi connectivity index (χ2n) is 5.76. The summed E-state index contributed by atoms with van der Waals surface area (Å²) < 4.78 is 0. The first kappa shape index (κ1) is 12.5. The highest BCUT2D eigenvalue weighted by molar-refractivity contribution is 5.52. The van der Waals surface area contributed by atoms with E-state index in [1.807, 2.05) is 6.92 Å². The molecule has 2 aromatic rings. The van der Waals surface area contributed by atoms with Crippen LogP contribution in [0.5, 0.6) is 0 Å². The van der Waals surface area contributed by atoms with E-state index in [2.05, 4.69) is 24.8 Å². The normalized spacial score (nSPS) is 16.7. The number of nitrogens with one attached hydrogen (secondary N) is 1. The third-order valence-electron chi connectivity index (χ3n) is 4.31. The van der Waals surface area contributed by atoms with E-state index >= 15 is 0 Å². The fourth-order valence-electron chi connectivity index (χ4n) is 3.32. The molecule has 3 heterocycles. The Balaban J connectivity index is 1.74. The van der Waals surface area contributed by atoms with E-state index in [0.717, 1.165) is 29.9 Å². The number of hydrogen-bond acceptors (Lipinski definition) is 5. The highest BCUT2D eigenvalue weighted by atomic mass is 16.1. The lowest BCUT2D eigenvalue weighted by Crippen LogP contribution is -2.22. The number of nitrogens with zero attached hydrogens (tertiary/aromatic N) is 4. The lowest BCUT2D eigenvalue weighted by molar-refractivity contribution is 0.655. The molecular formula is C15H17N5O. The minimum absolute atomic E-state index is 0.0251. The van der Waals surface area contributed by atoms with Gasteiger partial charge in [-0.25, -0.2) is 15.0 Å². The van der Waals surface area contributed by atoms with Crippen molar-refractivity contribution in [3.63, 3.8) is 0 Å². The quantitative estimate of drug-likeness (QED) is 0.853. The fraction of sp³-hybridized carbons (Fsp3) is 0.467. The molecule has 2 aliphatic rings. The minimum atomic E-state index is -0.0251. The summed E-state index contributed by atoms with van der Waals surface area (Å²) in [5.74, 6) is 1.65. The van der Waals surface area contributed by atoms with Gasteiger partial charge in [0.05, 0.1) is 24.3 Å². The van der Waals surface area contributed by atoms with E-state index in [-0.39, 0.29) is 5.56 Å². The number of hydrogen-bond donors (Lipinski definition) is 1. The van der Waals surface area contributed by atoms with E-state index in [0.29, 0.717) is 18.9 Å². The summed E-state index contributed by atoms with van der Waals surface area (Å²) in [6, 6.07) is 0. The SMILES string of the molecule is Cc1nc2c(c(=O)[nH]1)CN(c1ncnc3c1CCCC3)C2. The zero-order valence-electron chi connectivity index (χ0n) is 12.0. The summed E-state index contributed by atoms with van der Waals surface area (Å²) in [6.45, 7) is 3.06.